The van der Waals surface area contributed by atoms with E-state index in [0.29, 0.717) is 6.42 Å². The SMILES string of the molecule is Br.O=C1CC=Cc2cnccc21. The van der Waals surface area contributed by atoms with Gasteiger partial charge in [0.1, 0.15) is 0 Å². The number of rotatable bonds is 0. The number of allylic oxidation sites excluding steroid dienone is 1. The Morgan fingerprint density at radius 3 is 3.00 bits per heavy atom. The first kappa shape index (κ1) is 9.13. The van der Waals surface area contributed by atoms with Gasteiger partial charge in [-0.25, -0.2) is 0 Å². The second-order valence-corrected chi connectivity index (χ2v) is 2.49. The summed E-state index contributed by atoms with van der Waals surface area (Å²) in [6.45, 7) is 0. The molecule has 0 bridgehead atoms. The molecule has 0 aromatic carbocycles. The van der Waals surface area contributed by atoms with Crippen molar-refractivity contribution < 1.29 is 4.79 Å². The van der Waals surface area contributed by atoms with Gasteiger partial charge in [0.15, 0.2) is 5.78 Å². The molecule has 0 unspecified atom stereocenters. The van der Waals surface area contributed by atoms with Crippen molar-refractivity contribution in [1.82, 2.24) is 4.98 Å². The summed E-state index contributed by atoms with van der Waals surface area (Å²) in [5.41, 5.74) is 1.73. The molecule has 0 radical (unpaired) electrons. The zero-order valence-corrected chi connectivity index (χ0v) is 8.07. The van der Waals surface area contributed by atoms with Crippen LogP contribution in [0, 0.1) is 0 Å². The van der Waals surface area contributed by atoms with Gasteiger partial charge in [-0.2, -0.15) is 0 Å². The average Bonchev–Trinajstić information content (AvgIpc) is 2.06. The quantitative estimate of drug-likeness (QED) is 0.679. The van der Waals surface area contributed by atoms with E-state index in [2.05, 4.69) is 4.98 Å². The summed E-state index contributed by atoms with van der Waals surface area (Å²) in [6.07, 6.45) is 7.69. The lowest BCUT2D eigenvalue weighted by molar-refractivity contribution is 0.0994. The molecule has 2 rings (SSSR count). The highest BCUT2D eigenvalue weighted by atomic mass is 79.9. The van der Waals surface area contributed by atoms with Gasteiger partial charge >= 0.3 is 0 Å². The van der Waals surface area contributed by atoms with E-state index in [9.17, 15) is 4.79 Å². The van der Waals surface area contributed by atoms with Gasteiger partial charge in [-0.05, 0) is 6.07 Å². The Kier molecular flexibility index (Phi) is 2.76. The third-order valence-corrected chi connectivity index (χ3v) is 1.75. The van der Waals surface area contributed by atoms with E-state index in [0.717, 1.165) is 11.1 Å². The maximum absolute atomic E-state index is 11.2. The van der Waals surface area contributed by atoms with Crippen LogP contribution in [0.4, 0.5) is 0 Å². The molecule has 3 heteroatoms. The highest BCUT2D eigenvalue weighted by Crippen LogP contribution is 2.16. The maximum Gasteiger partial charge on any atom is 0.167 e. The van der Waals surface area contributed by atoms with Gasteiger partial charge in [-0.15, -0.1) is 17.0 Å². The molecule has 0 aliphatic heterocycles. The van der Waals surface area contributed by atoms with Crippen LogP contribution < -0.4 is 0 Å². The lowest BCUT2D eigenvalue weighted by Crippen LogP contribution is -2.03. The van der Waals surface area contributed by atoms with E-state index in [-0.39, 0.29) is 22.8 Å². The van der Waals surface area contributed by atoms with Crippen molar-refractivity contribution in [3.63, 3.8) is 0 Å². The fourth-order valence-corrected chi connectivity index (χ4v) is 1.20. The first-order valence-corrected chi connectivity index (χ1v) is 3.52. The molecule has 0 saturated carbocycles. The molecule has 1 aromatic heterocycles. The lowest BCUT2D eigenvalue weighted by atomic mass is 9.99. The van der Waals surface area contributed by atoms with Crippen LogP contribution in [0.3, 0.4) is 0 Å². The van der Waals surface area contributed by atoms with Gasteiger partial charge in [-0.3, -0.25) is 9.78 Å². The van der Waals surface area contributed by atoms with Crippen LogP contribution in [0.5, 0.6) is 0 Å². The summed E-state index contributed by atoms with van der Waals surface area (Å²) in [4.78, 5) is 15.1. The van der Waals surface area contributed by atoms with Crippen molar-refractivity contribution in [2.24, 2.45) is 0 Å². The average molecular weight is 226 g/mol. The highest BCUT2D eigenvalue weighted by molar-refractivity contribution is 8.93. The molecular formula is C9H8BrNO. The molecule has 0 fully saturated rings. The zero-order valence-electron chi connectivity index (χ0n) is 6.36. The van der Waals surface area contributed by atoms with Crippen LogP contribution in [-0.2, 0) is 0 Å². The Bertz CT molecular complexity index is 333. The summed E-state index contributed by atoms with van der Waals surface area (Å²) >= 11 is 0. The van der Waals surface area contributed by atoms with Crippen LogP contribution in [0.2, 0.25) is 0 Å². The topological polar surface area (TPSA) is 30.0 Å². The molecule has 0 N–H and O–H groups in total. The molecule has 0 amide bonds. The van der Waals surface area contributed by atoms with Crippen molar-refractivity contribution in [3.8, 4) is 0 Å². The minimum absolute atomic E-state index is 0. The third-order valence-electron chi connectivity index (χ3n) is 1.75. The van der Waals surface area contributed by atoms with Crippen LogP contribution in [-0.4, -0.2) is 10.8 Å². The number of nitrogens with zero attached hydrogens (tertiary/aromatic N) is 1. The smallest absolute Gasteiger partial charge is 0.167 e. The summed E-state index contributed by atoms with van der Waals surface area (Å²) in [6, 6.07) is 1.77. The fourth-order valence-electron chi connectivity index (χ4n) is 1.20. The largest absolute Gasteiger partial charge is 0.294 e. The van der Waals surface area contributed by atoms with E-state index in [1.165, 1.54) is 0 Å². The molecule has 0 atom stereocenters. The first-order valence-electron chi connectivity index (χ1n) is 3.52. The minimum Gasteiger partial charge on any atom is -0.294 e. The molecule has 12 heavy (non-hydrogen) atoms. The highest BCUT2D eigenvalue weighted by Gasteiger charge is 2.11. The van der Waals surface area contributed by atoms with E-state index in [4.69, 9.17) is 0 Å². The van der Waals surface area contributed by atoms with Gasteiger partial charge in [-0.1, -0.05) is 12.2 Å². The molecule has 1 aliphatic carbocycles. The normalized spacial score (nSPS) is 13.5. The summed E-state index contributed by atoms with van der Waals surface area (Å²) < 4.78 is 0. The van der Waals surface area contributed by atoms with Gasteiger partial charge in [0.25, 0.3) is 0 Å². The number of carbonyl (C=O) groups is 1. The van der Waals surface area contributed by atoms with Gasteiger partial charge in [0.05, 0.1) is 0 Å². The zero-order chi connectivity index (χ0) is 7.68. The molecule has 1 aliphatic rings. The van der Waals surface area contributed by atoms with E-state index >= 15 is 0 Å². The monoisotopic (exact) mass is 225 g/mol. The number of carbonyl (C=O) groups excluding carboxylic acids is 1. The third kappa shape index (κ3) is 1.46. The van der Waals surface area contributed by atoms with Gasteiger partial charge < -0.3 is 0 Å². The Hall–Kier alpha value is -0.960. The number of ketones is 1. The molecule has 62 valence electrons. The van der Waals surface area contributed by atoms with Crippen LogP contribution in [0.1, 0.15) is 22.3 Å². The number of halogens is 1. The van der Waals surface area contributed by atoms with Crippen molar-refractivity contribution in [2.75, 3.05) is 0 Å². The Morgan fingerprint density at radius 1 is 1.42 bits per heavy atom. The van der Waals surface area contributed by atoms with Gasteiger partial charge in [0, 0.05) is 29.9 Å². The first-order chi connectivity index (χ1) is 5.38. The number of aromatic nitrogens is 1. The molecule has 1 aromatic rings. The number of Topliss-reactive ketones (excluding diaryl/α,β-unsaturated/α-hetero) is 1. The van der Waals surface area contributed by atoms with Crippen molar-refractivity contribution in [3.05, 3.63) is 35.7 Å². The second kappa shape index (κ2) is 3.63. The number of pyridine rings is 1. The maximum atomic E-state index is 11.2. The van der Waals surface area contributed by atoms with Crippen LogP contribution >= 0.6 is 17.0 Å². The number of fused-ring (bicyclic) bond motifs is 1. The summed E-state index contributed by atoms with van der Waals surface area (Å²) in [5, 5.41) is 0. The Morgan fingerprint density at radius 2 is 2.25 bits per heavy atom. The minimum atomic E-state index is 0. The second-order valence-electron chi connectivity index (χ2n) is 2.49. The van der Waals surface area contributed by atoms with E-state index in [1.54, 1.807) is 18.5 Å². The van der Waals surface area contributed by atoms with Gasteiger partial charge in [0.2, 0.25) is 0 Å². The van der Waals surface area contributed by atoms with E-state index < -0.39 is 0 Å². The molecule has 1 heterocycles. The predicted molar refractivity (Wildman–Crippen MR) is 52.5 cm³/mol. The molecular weight excluding hydrogens is 218 g/mol. The van der Waals surface area contributed by atoms with Crippen molar-refractivity contribution in [2.45, 2.75) is 6.42 Å². The van der Waals surface area contributed by atoms with Crippen molar-refractivity contribution >= 4 is 28.8 Å². The lowest BCUT2D eigenvalue weighted by Gasteiger charge is -2.06. The summed E-state index contributed by atoms with van der Waals surface area (Å²) in [7, 11) is 0. The Balaban J connectivity index is 0.000000720. The van der Waals surface area contributed by atoms with Crippen LogP contribution in [0.15, 0.2) is 24.5 Å². The molecule has 2 nitrogen and oxygen atoms in total. The molecule has 0 saturated heterocycles. The van der Waals surface area contributed by atoms with E-state index in [1.807, 2.05) is 12.2 Å². The predicted octanol–water partition coefficient (Wildman–Crippen LogP) is 2.26. The standard InChI is InChI=1S/C9H7NO.BrH/c11-9-3-1-2-7-6-10-5-4-8(7)9;/h1-2,4-6H,3H2;1H. The number of hydrogen-bond acceptors (Lipinski definition) is 2. The fraction of sp³-hybridized carbons (Fsp3) is 0.111. The Labute approximate surface area is 81.1 Å². The van der Waals surface area contributed by atoms with Crippen molar-refractivity contribution in [1.29, 1.82) is 0 Å². The molecule has 0 spiro atoms. The summed E-state index contributed by atoms with van der Waals surface area (Å²) in [5.74, 6) is 0.185. The number of hydrogen-bond donors (Lipinski definition) is 0. The van der Waals surface area contributed by atoms with Crippen LogP contribution in [0.25, 0.3) is 6.08 Å².